The van der Waals surface area contributed by atoms with Gasteiger partial charge < -0.3 is 10.5 Å². The number of methoxy groups -OCH3 is 1. The summed E-state index contributed by atoms with van der Waals surface area (Å²) < 4.78 is 53.8. The van der Waals surface area contributed by atoms with E-state index in [2.05, 4.69) is 0 Å². The van der Waals surface area contributed by atoms with E-state index in [1.807, 2.05) is 0 Å². The van der Waals surface area contributed by atoms with E-state index < -0.39 is 32.3 Å². The van der Waals surface area contributed by atoms with Crippen LogP contribution in [0, 0.1) is 0 Å². The van der Waals surface area contributed by atoms with E-state index in [-0.39, 0.29) is 22.9 Å². The standard InChI is InChI=1S/C12H18N2O6S2/c1-20-7-6-14(9-12(13)15)22(18,19)11-5-3-4-10(8-11)21(2,16)17/h3-5,8H,6-7,9H2,1-2H3,(H2,13,15). The summed E-state index contributed by atoms with van der Waals surface area (Å²) in [5.74, 6) is -0.820. The van der Waals surface area contributed by atoms with Crippen LogP contribution in [0.2, 0.25) is 0 Å². The molecule has 0 spiro atoms. The van der Waals surface area contributed by atoms with Crippen molar-refractivity contribution in [3.8, 4) is 0 Å². The van der Waals surface area contributed by atoms with Gasteiger partial charge in [-0.2, -0.15) is 4.31 Å². The number of nitrogens with zero attached hydrogens (tertiary/aromatic N) is 1. The number of benzene rings is 1. The minimum Gasteiger partial charge on any atom is -0.383 e. The van der Waals surface area contributed by atoms with Crippen LogP contribution in [0.15, 0.2) is 34.1 Å². The molecule has 0 unspecified atom stereocenters. The molecular weight excluding hydrogens is 332 g/mol. The number of nitrogens with two attached hydrogens (primary N) is 1. The summed E-state index contributed by atoms with van der Waals surface area (Å²) in [6, 6.07) is 4.92. The summed E-state index contributed by atoms with van der Waals surface area (Å²) in [5, 5.41) is 0. The number of rotatable bonds is 8. The molecule has 22 heavy (non-hydrogen) atoms. The molecule has 0 aliphatic heterocycles. The number of ether oxygens (including phenoxy) is 1. The molecule has 0 aliphatic rings. The minimum atomic E-state index is -4.06. The number of hydrogen-bond donors (Lipinski definition) is 1. The highest BCUT2D eigenvalue weighted by Crippen LogP contribution is 2.19. The second-order valence-corrected chi connectivity index (χ2v) is 8.50. The fourth-order valence-corrected chi connectivity index (χ4v) is 3.84. The highest BCUT2D eigenvalue weighted by molar-refractivity contribution is 7.91. The van der Waals surface area contributed by atoms with Crippen LogP contribution in [0.4, 0.5) is 0 Å². The van der Waals surface area contributed by atoms with Crippen molar-refractivity contribution in [1.82, 2.24) is 4.31 Å². The van der Waals surface area contributed by atoms with E-state index in [1.165, 1.54) is 25.3 Å². The molecule has 0 bridgehead atoms. The van der Waals surface area contributed by atoms with Gasteiger partial charge in [-0.15, -0.1) is 0 Å². The first-order valence-electron chi connectivity index (χ1n) is 6.16. The zero-order chi connectivity index (χ0) is 17.0. The lowest BCUT2D eigenvalue weighted by molar-refractivity contribution is -0.118. The summed E-state index contributed by atoms with van der Waals surface area (Å²) >= 11 is 0. The van der Waals surface area contributed by atoms with Crippen molar-refractivity contribution in [3.63, 3.8) is 0 Å². The lowest BCUT2D eigenvalue weighted by atomic mass is 10.4. The molecule has 1 aromatic carbocycles. The van der Waals surface area contributed by atoms with Crippen LogP contribution in [0.3, 0.4) is 0 Å². The zero-order valence-corrected chi connectivity index (χ0v) is 13.9. The second-order valence-electron chi connectivity index (χ2n) is 4.54. The van der Waals surface area contributed by atoms with Crippen LogP contribution < -0.4 is 5.73 Å². The molecule has 8 nitrogen and oxygen atoms in total. The molecule has 0 saturated heterocycles. The van der Waals surface area contributed by atoms with Crippen molar-refractivity contribution in [2.24, 2.45) is 5.73 Å². The fraction of sp³-hybridized carbons (Fsp3) is 0.417. The molecule has 0 saturated carbocycles. The first kappa shape index (κ1) is 18.6. The van der Waals surface area contributed by atoms with Gasteiger partial charge >= 0.3 is 0 Å². The second kappa shape index (κ2) is 7.18. The number of sulfonamides is 1. The van der Waals surface area contributed by atoms with E-state index in [9.17, 15) is 21.6 Å². The third kappa shape index (κ3) is 4.77. The Balaban J connectivity index is 3.27. The fourth-order valence-electron chi connectivity index (χ4n) is 1.67. The first-order chi connectivity index (χ1) is 10.1. The molecule has 1 amide bonds. The van der Waals surface area contributed by atoms with Gasteiger partial charge in [0.1, 0.15) is 0 Å². The lowest BCUT2D eigenvalue weighted by Gasteiger charge is -2.20. The predicted molar refractivity (Wildman–Crippen MR) is 79.4 cm³/mol. The van der Waals surface area contributed by atoms with Gasteiger partial charge in [0.2, 0.25) is 15.9 Å². The van der Waals surface area contributed by atoms with E-state index in [0.717, 1.165) is 16.6 Å². The Kier molecular flexibility index (Phi) is 6.06. The third-order valence-electron chi connectivity index (χ3n) is 2.75. The summed E-state index contributed by atoms with van der Waals surface area (Å²) in [7, 11) is -6.23. The summed E-state index contributed by atoms with van der Waals surface area (Å²) in [6.07, 6.45) is 0.977. The van der Waals surface area contributed by atoms with E-state index in [4.69, 9.17) is 10.5 Å². The van der Waals surface area contributed by atoms with Crippen LogP contribution in [0.5, 0.6) is 0 Å². The quantitative estimate of drug-likeness (QED) is 0.655. The molecule has 0 fully saturated rings. The Hall–Kier alpha value is -1.49. The summed E-state index contributed by atoms with van der Waals surface area (Å²) in [6.45, 7) is -0.530. The Bertz CT molecular complexity index is 743. The molecule has 2 N–H and O–H groups in total. The number of primary amides is 1. The number of carbonyl (C=O) groups is 1. The number of hydrogen-bond acceptors (Lipinski definition) is 6. The van der Waals surface area contributed by atoms with Gasteiger partial charge in [0.05, 0.1) is 22.9 Å². The third-order valence-corrected chi connectivity index (χ3v) is 5.70. The van der Waals surface area contributed by atoms with E-state index >= 15 is 0 Å². The smallest absolute Gasteiger partial charge is 0.243 e. The molecule has 1 aromatic rings. The van der Waals surface area contributed by atoms with Crippen molar-refractivity contribution in [1.29, 1.82) is 0 Å². The van der Waals surface area contributed by atoms with Gasteiger partial charge in [-0.3, -0.25) is 4.79 Å². The Morgan fingerprint density at radius 3 is 2.32 bits per heavy atom. The van der Waals surface area contributed by atoms with Crippen molar-refractivity contribution >= 4 is 25.8 Å². The zero-order valence-electron chi connectivity index (χ0n) is 12.2. The minimum absolute atomic E-state index is 0.0677. The first-order valence-corrected chi connectivity index (χ1v) is 9.49. The average molecular weight is 350 g/mol. The van der Waals surface area contributed by atoms with Crippen LogP contribution in [-0.4, -0.2) is 60.1 Å². The predicted octanol–water partition coefficient (Wildman–Crippen LogP) is -0.787. The maximum absolute atomic E-state index is 12.5. The molecule has 1 rings (SSSR count). The highest BCUT2D eigenvalue weighted by Gasteiger charge is 2.26. The average Bonchev–Trinajstić information content (AvgIpc) is 2.42. The van der Waals surface area contributed by atoms with E-state index in [1.54, 1.807) is 0 Å². The Morgan fingerprint density at radius 2 is 1.82 bits per heavy atom. The SMILES string of the molecule is COCCN(CC(N)=O)S(=O)(=O)c1cccc(S(C)(=O)=O)c1. The molecule has 0 aliphatic carbocycles. The van der Waals surface area contributed by atoms with Crippen LogP contribution >= 0.6 is 0 Å². The van der Waals surface area contributed by atoms with Crippen molar-refractivity contribution in [2.45, 2.75) is 9.79 Å². The summed E-state index contributed by atoms with van der Waals surface area (Å²) in [5.41, 5.74) is 5.06. The molecule has 0 heterocycles. The Morgan fingerprint density at radius 1 is 1.23 bits per heavy atom. The number of amides is 1. The molecule has 10 heteroatoms. The van der Waals surface area contributed by atoms with E-state index in [0.29, 0.717) is 0 Å². The molecule has 0 atom stereocenters. The topological polar surface area (TPSA) is 124 Å². The van der Waals surface area contributed by atoms with Gasteiger partial charge in [-0.05, 0) is 18.2 Å². The highest BCUT2D eigenvalue weighted by atomic mass is 32.2. The maximum atomic E-state index is 12.5. The molecule has 0 aromatic heterocycles. The number of carbonyl (C=O) groups excluding carboxylic acids is 1. The lowest BCUT2D eigenvalue weighted by Crippen LogP contribution is -2.40. The molecule has 0 radical (unpaired) electrons. The van der Waals surface area contributed by atoms with Gasteiger partial charge in [-0.1, -0.05) is 6.07 Å². The van der Waals surface area contributed by atoms with Crippen LogP contribution in [0.1, 0.15) is 0 Å². The van der Waals surface area contributed by atoms with Crippen molar-refractivity contribution in [2.75, 3.05) is 33.1 Å². The van der Waals surface area contributed by atoms with Gasteiger partial charge in [0, 0.05) is 19.9 Å². The normalized spacial score (nSPS) is 12.5. The van der Waals surface area contributed by atoms with Gasteiger partial charge in [0.25, 0.3) is 0 Å². The maximum Gasteiger partial charge on any atom is 0.243 e. The van der Waals surface area contributed by atoms with Crippen molar-refractivity contribution in [3.05, 3.63) is 24.3 Å². The Labute approximate surface area is 129 Å². The van der Waals surface area contributed by atoms with Crippen LogP contribution in [0.25, 0.3) is 0 Å². The van der Waals surface area contributed by atoms with Crippen molar-refractivity contribution < 1.29 is 26.4 Å². The molecule has 124 valence electrons. The summed E-state index contributed by atoms with van der Waals surface area (Å²) in [4.78, 5) is 10.7. The number of sulfone groups is 1. The van der Waals surface area contributed by atoms with Crippen LogP contribution in [-0.2, 0) is 29.4 Å². The molecular formula is C12H18N2O6S2. The van der Waals surface area contributed by atoms with Gasteiger partial charge in [-0.25, -0.2) is 16.8 Å². The monoisotopic (exact) mass is 350 g/mol. The van der Waals surface area contributed by atoms with Gasteiger partial charge in [0.15, 0.2) is 9.84 Å². The largest absolute Gasteiger partial charge is 0.383 e.